The van der Waals surface area contributed by atoms with Crippen molar-refractivity contribution in [3.05, 3.63) is 0 Å². The predicted octanol–water partition coefficient (Wildman–Crippen LogP) is -0.829. The van der Waals surface area contributed by atoms with E-state index in [0.717, 1.165) is 12.8 Å². The van der Waals surface area contributed by atoms with Crippen molar-refractivity contribution in [3.8, 4) is 0 Å². The highest BCUT2D eigenvalue weighted by atomic mass is 32.2. The number of nitrogens with two attached hydrogens (primary N) is 1. The van der Waals surface area contributed by atoms with Crippen LogP contribution in [0, 0.1) is 0 Å². The van der Waals surface area contributed by atoms with E-state index in [1.807, 2.05) is 0 Å². The molecule has 0 aromatic rings. The Balaban J connectivity index is 3.61. The smallest absolute Gasteiger partial charge is 0.220 e. The van der Waals surface area contributed by atoms with Crippen LogP contribution in [0.25, 0.3) is 0 Å². The number of hydrogen-bond donors (Lipinski definition) is 3. The van der Waals surface area contributed by atoms with Crippen molar-refractivity contribution in [2.45, 2.75) is 26.2 Å². The summed E-state index contributed by atoms with van der Waals surface area (Å²) in [6.07, 6.45) is 1.95. The zero-order chi connectivity index (χ0) is 12.4. The van der Waals surface area contributed by atoms with Crippen LogP contribution < -0.4 is 15.8 Å². The normalized spacial score (nSPS) is 11.4. The molecule has 0 saturated carbocycles. The van der Waals surface area contributed by atoms with Crippen molar-refractivity contribution in [2.24, 2.45) is 5.73 Å². The van der Waals surface area contributed by atoms with E-state index in [1.54, 1.807) is 6.92 Å². The minimum Gasteiger partial charge on any atom is -0.355 e. The fourth-order valence-corrected chi connectivity index (χ4v) is 2.09. The third kappa shape index (κ3) is 8.63. The summed E-state index contributed by atoms with van der Waals surface area (Å²) in [6.45, 7) is 2.80. The lowest BCUT2D eigenvalue weighted by Crippen LogP contribution is -2.34. The van der Waals surface area contributed by atoms with Crippen LogP contribution in [-0.4, -0.2) is 39.7 Å². The van der Waals surface area contributed by atoms with Gasteiger partial charge in [-0.1, -0.05) is 6.92 Å². The van der Waals surface area contributed by atoms with Crippen LogP contribution in [0.2, 0.25) is 0 Å². The fraction of sp³-hybridized carbons (Fsp3) is 0.889. The first-order valence-electron chi connectivity index (χ1n) is 5.46. The maximum absolute atomic E-state index is 11.2. The van der Waals surface area contributed by atoms with Gasteiger partial charge in [0.05, 0.1) is 5.75 Å². The molecule has 0 rings (SSSR count). The predicted molar refractivity (Wildman–Crippen MR) is 63.4 cm³/mol. The second-order valence-corrected chi connectivity index (χ2v) is 5.34. The van der Waals surface area contributed by atoms with Crippen molar-refractivity contribution in [3.63, 3.8) is 0 Å². The summed E-state index contributed by atoms with van der Waals surface area (Å²) in [5.74, 6) is -0.205. The number of amides is 1. The Bertz CT molecular complexity index is 290. The summed E-state index contributed by atoms with van der Waals surface area (Å²) in [5, 5.41) is 2.56. The van der Waals surface area contributed by atoms with Crippen molar-refractivity contribution in [1.82, 2.24) is 10.0 Å². The monoisotopic (exact) mass is 251 g/mol. The minimum atomic E-state index is -3.24. The number of carbonyl (C=O) groups is 1. The van der Waals surface area contributed by atoms with Crippen LogP contribution in [0.1, 0.15) is 26.2 Å². The Morgan fingerprint density at radius 2 is 2.00 bits per heavy atom. The number of carbonyl (C=O) groups excluding carboxylic acids is 1. The minimum absolute atomic E-state index is 0.0799. The number of unbranched alkanes of at least 4 members (excludes halogenated alkanes) is 1. The van der Waals surface area contributed by atoms with Crippen LogP contribution in [0.5, 0.6) is 0 Å². The van der Waals surface area contributed by atoms with E-state index in [2.05, 4.69) is 10.0 Å². The van der Waals surface area contributed by atoms with Crippen LogP contribution in [-0.2, 0) is 14.8 Å². The van der Waals surface area contributed by atoms with Gasteiger partial charge in [-0.2, -0.15) is 0 Å². The molecule has 0 aromatic heterocycles. The summed E-state index contributed by atoms with van der Waals surface area (Å²) < 4.78 is 24.7. The molecule has 0 heterocycles. The molecule has 7 heteroatoms. The van der Waals surface area contributed by atoms with Gasteiger partial charge >= 0.3 is 0 Å². The van der Waals surface area contributed by atoms with Gasteiger partial charge in [-0.15, -0.1) is 0 Å². The van der Waals surface area contributed by atoms with E-state index in [0.29, 0.717) is 19.5 Å². The molecule has 6 nitrogen and oxygen atoms in total. The Kier molecular flexibility index (Phi) is 8.14. The molecule has 0 saturated heterocycles. The van der Waals surface area contributed by atoms with Gasteiger partial charge in [-0.3, -0.25) is 4.79 Å². The van der Waals surface area contributed by atoms with Crippen LogP contribution in [0.3, 0.4) is 0 Å². The molecule has 0 aliphatic rings. The molecular weight excluding hydrogens is 230 g/mol. The number of sulfonamides is 1. The summed E-state index contributed by atoms with van der Waals surface area (Å²) >= 11 is 0. The average molecular weight is 251 g/mol. The van der Waals surface area contributed by atoms with E-state index in [-0.39, 0.29) is 18.2 Å². The molecule has 16 heavy (non-hydrogen) atoms. The Hall–Kier alpha value is -0.660. The summed E-state index contributed by atoms with van der Waals surface area (Å²) in [4.78, 5) is 11.2. The van der Waals surface area contributed by atoms with Gasteiger partial charge in [0.2, 0.25) is 15.9 Å². The quantitative estimate of drug-likeness (QED) is 0.466. The number of hydrogen-bond acceptors (Lipinski definition) is 4. The Morgan fingerprint density at radius 3 is 2.56 bits per heavy atom. The standard InChI is InChI=1S/C9H21N3O3S/c1-2-12-16(14,15)8-7-11-9(13)5-3-4-6-10/h12H,2-8,10H2,1H3,(H,11,13). The molecule has 96 valence electrons. The molecule has 0 radical (unpaired) electrons. The third-order valence-electron chi connectivity index (χ3n) is 1.92. The number of rotatable bonds is 9. The Labute approximate surface area is 97.0 Å². The molecule has 4 N–H and O–H groups in total. The lowest BCUT2D eigenvalue weighted by atomic mass is 10.2. The maximum atomic E-state index is 11.2. The largest absolute Gasteiger partial charge is 0.355 e. The molecule has 0 aliphatic carbocycles. The molecule has 0 unspecified atom stereocenters. The maximum Gasteiger partial charge on any atom is 0.220 e. The van der Waals surface area contributed by atoms with Crippen molar-refractivity contribution in [1.29, 1.82) is 0 Å². The van der Waals surface area contributed by atoms with E-state index in [4.69, 9.17) is 5.73 Å². The SMILES string of the molecule is CCNS(=O)(=O)CCNC(=O)CCCCN. The second kappa shape index (κ2) is 8.49. The average Bonchev–Trinajstić information content (AvgIpc) is 2.17. The Morgan fingerprint density at radius 1 is 1.31 bits per heavy atom. The molecule has 1 amide bonds. The van der Waals surface area contributed by atoms with Crippen molar-refractivity contribution >= 4 is 15.9 Å². The van der Waals surface area contributed by atoms with Crippen LogP contribution >= 0.6 is 0 Å². The first kappa shape index (κ1) is 15.3. The molecule has 0 fully saturated rings. The van der Waals surface area contributed by atoms with Gasteiger partial charge in [-0.05, 0) is 19.4 Å². The molecular formula is C9H21N3O3S. The highest BCUT2D eigenvalue weighted by Crippen LogP contribution is 1.92. The van der Waals surface area contributed by atoms with E-state index in [1.165, 1.54) is 0 Å². The summed E-state index contributed by atoms with van der Waals surface area (Å²) in [7, 11) is -3.24. The van der Waals surface area contributed by atoms with E-state index >= 15 is 0 Å². The molecule has 0 spiro atoms. The topological polar surface area (TPSA) is 101 Å². The molecule has 0 aliphatic heterocycles. The first-order valence-corrected chi connectivity index (χ1v) is 7.11. The van der Waals surface area contributed by atoms with Crippen LogP contribution in [0.4, 0.5) is 0 Å². The zero-order valence-electron chi connectivity index (χ0n) is 9.66. The summed E-state index contributed by atoms with van der Waals surface area (Å²) in [5.41, 5.74) is 5.29. The molecule has 0 atom stereocenters. The lowest BCUT2D eigenvalue weighted by Gasteiger charge is -2.06. The van der Waals surface area contributed by atoms with E-state index in [9.17, 15) is 13.2 Å². The number of nitrogens with one attached hydrogen (secondary N) is 2. The van der Waals surface area contributed by atoms with Crippen LogP contribution in [0.15, 0.2) is 0 Å². The lowest BCUT2D eigenvalue weighted by molar-refractivity contribution is -0.121. The van der Waals surface area contributed by atoms with E-state index < -0.39 is 10.0 Å². The van der Waals surface area contributed by atoms with Crippen molar-refractivity contribution < 1.29 is 13.2 Å². The highest BCUT2D eigenvalue weighted by Gasteiger charge is 2.08. The molecule has 0 bridgehead atoms. The van der Waals surface area contributed by atoms with Gasteiger partial charge in [0.1, 0.15) is 0 Å². The van der Waals surface area contributed by atoms with Gasteiger partial charge in [0, 0.05) is 19.5 Å². The first-order chi connectivity index (χ1) is 7.52. The van der Waals surface area contributed by atoms with Crippen molar-refractivity contribution in [2.75, 3.05) is 25.4 Å². The van der Waals surface area contributed by atoms with Gasteiger partial charge in [-0.25, -0.2) is 13.1 Å². The van der Waals surface area contributed by atoms with Gasteiger partial charge in [0.25, 0.3) is 0 Å². The zero-order valence-corrected chi connectivity index (χ0v) is 10.5. The highest BCUT2D eigenvalue weighted by molar-refractivity contribution is 7.89. The van der Waals surface area contributed by atoms with Gasteiger partial charge in [0.15, 0.2) is 0 Å². The second-order valence-electron chi connectivity index (χ2n) is 3.41. The molecule has 0 aromatic carbocycles. The third-order valence-corrected chi connectivity index (χ3v) is 3.39. The van der Waals surface area contributed by atoms with Gasteiger partial charge < -0.3 is 11.1 Å². The summed E-state index contributed by atoms with van der Waals surface area (Å²) in [6, 6.07) is 0. The fourth-order valence-electron chi connectivity index (χ4n) is 1.14.